The van der Waals surface area contributed by atoms with E-state index in [2.05, 4.69) is 69.3 Å². The van der Waals surface area contributed by atoms with Gasteiger partial charge in [-0.15, -0.1) is 0 Å². The molecule has 0 aliphatic heterocycles. The lowest BCUT2D eigenvalue weighted by atomic mass is 9.99. The smallest absolute Gasteiger partial charge is 0.124 e. The molecule has 0 aliphatic carbocycles. The Bertz CT molecular complexity index is 686. The SMILES string of the molecule is C=C(NCc1ccc(C(S/C=C\C)=C(C)C)cc1OCC)C(C)CCCCCC. The standard InChI is InChI=1S/C26H41NOS/c1-8-11-12-13-14-21(6)22(7)27-19-24-16-15-23(18-25(24)28-10-3)26(20(4)5)29-17-9-2/h9,15-18,21,27H,7-8,10-14,19H2,1-6H3/b17-9-. The fourth-order valence-corrected chi connectivity index (χ4v) is 3.95. The Kier molecular flexibility index (Phi) is 12.6. The number of benzene rings is 1. The van der Waals surface area contributed by atoms with Crippen molar-refractivity contribution < 1.29 is 4.74 Å². The van der Waals surface area contributed by atoms with Gasteiger partial charge in [0.25, 0.3) is 0 Å². The molecule has 0 spiro atoms. The van der Waals surface area contributed by atoms with Crippen LogP contribution < -0.4 is 10.1 Å². The predicted octanol–water partition coefficient (Wildman–Crippen LogP) is 8.31. The van der Waals surface area contributed by atoms with Gasteiger partial charge < -0.3 is 10.1 Å². The Morgan fingerprint density at radius 3 is 2.59 bits per heavy atom. The van der Waals surface area contributed by atoms with E-state index in [1.54, 1.807) is 11.8 Å². The van der Waals surface area contributed by atoms with Crippen molar-refractivity contribution in [2.45, 2.75) is 80.2 Å². The quantitative estimate of drug-likeness (QED) is 0.309. The lowest BCUT2D eigenvalue weighted by Crippen LogP contribution is -2.18. The average Bonchev–Trinajstić information content (AvgIpc) is 2.70. The number of hydrogen-bond donors (Lipinski definition) is 1. The molecule has 0 saturated carbocycles. The Hall–Kier alpha value is -1.61. The zero-order valence-corrected chi connectivity index (χ0v) is 20.3. The fourth-order valence-electron chi connectivity index (χ4n) is 3.18. The third kappa shape index (κ3) is 9.16. The third-order valence-electron chi connectivity index (χ3n) is 5.00. The first-order valence-corrected chi connectivity index (χ1v) is 12.0. The van der Waals surface area contributed by atoms with Gasteiger partial charge in [0.05, 0.1) is 6.61 Å². The highest BCUT2D eigenvalue weighted by Crippen LogP contribution is 2.34. The second-order valence-corrected chi connectivity index (χ2v) is 8.72. The van der Waals surface area contributed by atoms with Crippen molar-refractivity contribution in [2.75, 3.05) is 6.61 Å². The van der Waals surface area contributed by atoms with Crippen LogP contribution in [0.1, 0.15) is 84.8 Å². The molecule has 162 valence electrons. The van der Waals surface area contributed by atoms with E-state index < -0.39 is 0 Å². The number of allylic oxidation sites excluding steroid dienone is 3. The van der Waals surface area contributed by atoms with Crippen molar-refractivity contribution in [3.63, 3.8) is 0 Å². The molecule has 0 radical (unpaired) electrons. The highest BCUT2D eigenvalue weighted by atomic mass is 32.2. The number of unbranched alkanes of at least 4 members (excludes halogenated alkanes) is 3. The van der Waals surface area contributed by atoms with Crippen LogP contribution in [0.5, 0.6) is 5.75 Å². The second kappa shape index (κ2) is 14.4. The van der Waals surface area contributed by atoms with Gasteiger partial charge >= 0.3 is 0 Å². The minimum atomic E-state index is 0.496. The van der Waals surface area contributed by atoms with Crippen LogP contribution in [0.4, 0.5) is 0 Å². The Balaban J connectivity index is 2.83. The van der Waals surface area contributed by atoms with Crippen molar-refractivity contribution in [2.24, 2.45) is 5.92 Å². The van der Waals surface area contributed by atoms with Gasteiger partial charge in [-0.25, -0.2) is 0 Å². The van der Waals surface area contributed by atoms with E-state index in [0.29, 0.717) is 12.5 Å². The molecule has 0 amide bonds. The molecule has 1 rings (SSSR count). The first kappa shape index (κ1) is 25.4. The maximum absolute atomic E-state index is 5.98. The summed E-state index contributed by atoms with van der Waals surface area (Å²) in [6, 6.07) is 6.57. The first-order chi connectivity index (χ1) is 13.9. The summed E-state index contributed by atoms with van der Waals surface area (Å²) in [7, 11) is 0. The Labute approximate surface area is 183 Å². The molecular formula is C26H41NOS. The molecule has 0 heterocycles. The number of hydrogen-bond acceptors (Lipinski definition) is 3. The predicted molar refractivity (Wildman–Crippen MR) is 132 cm³/mol. The zero-order valence-electron chi connectivity index (χ0n) is 19.4. The first-order valence-electron chi connectivity index (χ1n) is 11.1. The van der Waals surface area contributed by atoms with E-state index in [1.807, 2.05) is 13.8 Å². The van der Waals surface area contributed by atoms with Crippen LogP contribution in [0.3, 0.4) is 0 Å². The van der Waals surface area contributed by atoms with Crippen LogP contribution >= 0.6 is 11.8 Å². The van der Waals surface area contributed by atoms with Crippen molar-refractivity contribution in [1.29, 1.82) is 0 Å². The largest absolute Gasteiger partial charge is 0.494 e. The molecule has 0 fully saturated rings. The molecule has 1 unspecified atom stereocenters. The molecule has 1 aromatic rings. The maximum Gasteiger partial charge on any atom is 0.124 e. The highest BCUT2D eigenvalue weighted by Gasteiger charge is 2.11. The molecule has 3 heteroatoms. The monoisotopic (exact) mass is 415 g/mol. The summed E-state index contributed by atoms with van der Waals surface area (Å²) in [5, 5.41) is 5.67. The Morgan fingerprint density at radius 2 is 1.97 bits per heavy atom. The molecule has 1 aromatic carbocycles. The van der Waals surface area contributed by atoms with Crippen LogP contribution in [-0.2, 0) is 6.54 Å². The summed E-state index contributed by atoms with van der Waals surface area (Å²) in [5.41, 5.74) is 4.83. The minimum Gasteiger partial charge on any atom is -0.494 e. The molecular weight excluding hydrogens is 374 g/mol. The normalized spacial score (nSPS) is 12.1. The number of rotatable bonds is 14. The summed E-state index contributed by atoms with van der Waals surface area (Å²) in [4.78, 5) is 1.29. The van der Waals surface area contributed by atoms with Gasteiger partial charge in [0.2, 0.25) is 0 Å². The van der Waals surface area contributed by atoms with Crippen LogP contribution in [0.25, 0.3) is 4.91 Å². The summed E-state index contributed by atoms with van der Waals surface area (Å²) in [5.74, 6) is 1.46. The molecule has 0 saturated heterocycles. The number of thioether (sulfide) groups is 1. The van der Waals surface area contributed by atoms with Crippen LogP contribution in [0.2, 0.25) is 0 Å². The fraction of sp³-hybridized carbons (Fsp3) is 0.538. The summed E-state index contributed by atoms with van der Waals surface area (Å²) >= 11 is 1.76. The summed E-state index contributed by atoms with van der Waals surface area (Å²) in [6.07, 6.45) is 8.49. The van der Waals surface area contributed by atoms with E-state index in [4.69, 9.17) is 4.74 Å². The van der Waals surface area contributed by atoms with E-state index in [-0.39, 0.29) is 0 Å². The zero-order chi connectivity index (χ0) is 21.6. The van der Waals surface area contributed by atoms with Crippen LogP contribution in [0.15, 0.2) is 47.5 Å². The van der Waals surface area contributed by atoms with Gasteiger partial charge in [-0.3, -0.25) is 0 Å². The molecule has 29 heavy (non-hydrogen) atoms. The van der Waals surface area contributed by atoms with Gasteiger partial charge in [-0.2, -0.15) is 0 Å². The summed E-state index contributed by atoms with van der Waals surface area (Å²) in [6.45, 7) is 18.6. The van der Waals surface area contributed by atoms with Crippen LogP contribution in [-0.4, -0.2) is 6.61 Å². The highest BCUT2D eigenvalue weighted by molar-refractivity contribution is 8.10. The number of ether oxygens (including phenoxy) is 1. The number of nitrogens with one attached hydrogen (secondary N) is 1. The molecule has 1 atom stereocenters. The van der Waals surface area contributed by atoms with E-state index >= 15 is 0 Å². The van der Waals surface area contributed by atoms with Gasteiger partial charge in [0.1, 0.15) is 5.75 Å². The Morgan fingerprint density at radius 1 is 1.21 bits per heavy atom. The average molecular weight is 416 g/mol. The molecule has 0 aliphatic rings. The molecule has 1 N–H and O–H groups in total. The topological polar surface area (TPSA) is 21.3 Å². The van der Waals surface area contributed by atoms with Crippen molar-refractivity contribution in [3.8, 4) is 5.75 Å². The molecule has 0 aromatic heterocycles. The van der Waals surface area contributed by atoms with E-state index in [0.717, 1.165) is 18.0 Å². The maximum atomic E-state index is 5.98. The van der Waals surface area contributed by atoms with Gasteiger partial charge in [0, 0.05) is 22.7 Å². The lowest BCUT2D eigenvalue weighted by molar-refractivity contribution is 0.335. The van der Waals surface area contributed by atoms with Crippen molar-refractivity contribution in [3.05, 3.63) is 58.7 Å². The lowest BCUT2D eigenvalue weighted by Gasteiger charge is -2.19. The van der Waals surface area contributed by atoms with Crippen molar-refractivity contribution >= 4 is 16.7 Å². The van der Waals surface area contributed by atoms with Gasteiger partial charge in [0.15, 0.2) is 0 Å². The van der Waals surface area contributed by atoms with Crippen molar-refractivity contribution in [1.82, 2.24) is 5.32 Å². The van der Waals surface area contributed by atoms with E-state index in [9.17, 15) is 0 Å². The minimum absolute atomic E-state index is 0.496. The van der Waals surface area contributed by atoms with Crippen LogP contribution in [0, 0.1) is 5.92 Å². The summed E-state index contributed by atoms with van der Waals surface area (Å²) < 4.78 is 5.98. The molecule has 0 bridgehead atoms. The van der Waals surface area contributed by atoms with E-state index in [1.165, 1.54) is 53.7 Å². The van der Waals surface area contributed by atoms with Gasteiger partial charge in [-0.05, 0) is 57.1 Å². The third-order valence-corrected chi connectivity index (χ3v) is 6.28. The molecule has 2 nitrogen and oxygen atoms in total. The second-order valence-electron chi connectivity index (χ2n) is 7.80. The van der Waals surface area contributed by atoms with Gasteiger partial charge in [-0.1, -0.05) is 81.7 Å².